The van der Waals surface area contributed by atoms with Gasteiger partial charge in [0.1, 0.15) is 6.04 Å². The third-order valence-corrected chi connectivity index (χ3v) is 6.41. The van der Waals surface area contributed by atoms with E-state index in [1.165, 1.54) is 23.2 Å². The van der Waals surface area contributed by atoms with Crippen molar-refractivity contribution in [3.8, 4) is 0 Å². The van der Waals surface area contributed by atoms with Gasteiger partial charge in [-0.05, 0) is 19.3 Å². The van der Waals surface area contributed by atoms with Crippen molar-refractivity contribution >= 4 is 27.8 Å². The molecule has 0 amide bonds. The first-order chi connectivity index (χ1) is 9.04. The topological polar surface area (TPSA) is 72.9 Å². The van der Waals surface area contributed by atoms with E-state index >= 15 is 0 Å². The molecule has 19 heavy (non-hydrogen) atoms. The van der Waals surface area contributed by atoms with Crippen molar-refractivity contribution in [3.05, 3.63) is 0 Å². The fraction of sp³-hybridized carbons (Fsp3) is 0.909. The molecule has 0 N–H and O–H groups in total. The lowest BCUT2D eigenvalue weighted by Crippen LogP contribution is -2.45. The van der Waals surface area contributed by atoms with Crippen molar-refractivity contribution in [2.75, 3.05) is 31.1 Å². The molecular weight excluding hydrogens is 290 g/mol. The number of hydrogen-bond donors (Lipinski definition) is 0. The average molecular weight is 309 g/mol. The first-order valence-corrected chi connectivity index (χ1v) is 9.07. The van der Waals surface area contributed by atoms with Crippen molar-refractivity contribution in [3.63, 3.8) is 0 Å². The summed E-state index contributed by atoms with van der Waals surface area (Å²) in [5.41, 5.74) is 0. The van der Waals surface area contributed by atoms with Crippen LogP contribution in [-0.4, -0.2) is 61.9 Å². The van der Waals surface area contributed by atoms with Gasteiger partial charge in [-0.25, -0.2) is 8.42 Å². The van der Waals surface area contributed by atoms with Gasteiger partial charge in [0.15, 0.2) is 0 Å². The summed E-state index contributed by atoms with van der Waals surface area (Å²) < 4.78 is 36.1. The Bertz CT molecular complexity index is 419. The van der Waals surface area contributed by atoms with Crippen LogP contribution in [0.2, 0.25) is 0 Å². The first-order valence-electron chi connectivity index (χ1n) is 6.31. The number of carbonyl (C=O) groups is 1. The third kappa shape index (κ3) is 3.62. The molecule has 2 atom stereocenters. The molecule has 110 valence electrons. The molecule has 0 aliphatic carbocycles. The molecule has 2 saturated heterocycles. The van der Waals surface area contributed by atoms with Gasteiger partial charge < -0.3 is 9.47 Å². The number of sulfonamides is 1. The van der Waals surface area contributed by atoms with E-state index in [4.69, 9.17) is 4.74 Å². The molecule has 0 saturated carbocycles. The SMILES string of the molecule is COC(=O)C1CSCN1S(=O)(=O)CC1CCCCO1. The maximum absolute atomic E-state index is 12.4. The van der Waals surface area contributed by atoms with Gasteiger partial charge in [-0.15, -0.1) is 11.8 Å². The number of carbonyl (C=O) groups excluding carboxylic acids is 1. The van der Waals surface area contributed by atoms with Gasteiger partial charge >= 0.3 is 5.97 Å². The van der Waals surface area contributed by atoms with Crippen LogP contribution in [-0.2, 0) is 24.3 Å². The Labute approximate surface area is 117 Å². The fourth-order valence-electron chi connectivity index (χ4n) is 2.29. The van der Waals surface area contributed by atoms with E-state index in [0.717, 1.165) is 19.3 Å². The van der Waals surface area contributed by atoms with Crippen LogP contribution < -0.4 is 0 Å². The second-order valence-corrected chi connectivity index (χ2v) is 7.66. The van der Waals surface area contributed by atoms with Crippen LogP contribution in [0.3, 0.4) is 0 Å². The lowest BCUT2D eigenvalue weighted by Gasteiger charge is -2.26. The van der Waals surface area contributed by atoms with Crippen LogP contribution in [0.5, 0.6) is 0 Å². The Balaban J connectivity index is 2.03. The van der Waals surface area contributed by atoms with Crippen LogP contribution in [0, 0.1) is 0 Å². The van der Waals surface area contributed by atoms with Gasteiger partial charge in [-0.3, -0.25) is 4.79 Å². The highest BCUT2D eigenvalue weighted by Crippen LogP contribution is 2.26. The molecule has 2 unspecified atom stereocenters. The van der Waals surface area contributed by atoms with Gasteiger partial charge in [0.2, 0.25) is 10.0 Å². The summed E-state index contributed by atoms with van der Waals surface area (Å²) >= 11 is 1.43. The molecule has 2 heterocycles. The van der Waals surface area contributed by atoms with E-state index in [9.17, 15) is 13.2 Å². The normalized spacial score (nSPS) is 29.3. The highest BCUT2D eigenvalue weighted by atomic mass is 32.2. The Morgan fingerprint density at radius 3 is 2.89 bits per heavy atom. The molecule has 2 rings (SSSR count). The van der Waals surface area contributed by atoms with E-state index in [1.807, 2.05) is 0 Å². The van der Waals surface area contributed by atoms with Crippen molar-refractivity contribution in [1.29, 1.82) is 0 Å². The smallest absolute Gasteiger partial charge is 0.325 e. The van der Waals surface area contributed by atoms with E-state index in [-0.39, 0.29) is 11.9 Å². The summed E-state index contributed by atoms with van der Waals surface area (Å²) in [7, 11) is -2.20. The summed E-state index contributed by atoms with van der Waals surface area (Å²) in [5, 5.41) is 0. The average Bonchev–Trinajstić information content (AvgIpc) is 2.88. The Hall–Kier alpha value is -0.310. The molecule has 0 radical (unpaired) electrons. The lowest BCUT2D eigenvalue weighted by molar-refractivity contribution is -0.143. The van der Waals surface area contributed by atoms with Crippen LogP contribution >= 0.6 is 11.8 Å². The molecule has 6 nitrogen and oxygen atoms in total. The van der Waals surface area contributed by atoms with Gasteiger partial charge in [-0.1, -0.05) is 0 Å². The standard InChI is InChI=1S/C11H19NO5S2/c1-16-11(13)10-6-18-8-12(10)19(14,15)7-9-4-2-3-5-17-9/h9-10H,2-8H2,1H3. The summed E-state index contributed by atoms with van der Waals surface area (Å²) in [6.07, 6.45) is 2.50. The summed E-state index contributed by atoms with van der Waals surface area (Å²) in [6, 6.07) is -0.691. The van der Waals surface area contributed by atoms with Gasteiger partial charge in [-0.2, -0.15) is 4.31 Å². The van der Waals surface area contributed by atoms with Crippen LogP contribution in [0.25, 0.3) is 0 Å². The summed E-state index contributed by atoms with van der Waals surface area (Å²) in [5.74, 6) is 0.242. The highest BCUT2D eigenvalue weighted by molar-refractivity contribution is 8.00. The van der Waals surface area contributed by atoms with Crippen LogP contribution in [0.15, 0.2) is 0 Å². The Morgan fingerprint density at radius 2 is 2.26 bits per heavy atom. The monoisotopic (exact) mass is 309 g/mol. The second-order valence-electron chi connectivity index (χ2n) is 4.69. The van der Waals surface area contributed by atoms with Crippen molar-refractivity contribution < 1.29 is 22.7 Å². The van der Waals surface area contributed by atoms with Crippen molar-refractivity contribution in [2.45, 2.75) is 31.4 Å². The summed E-state index contributed by atoms with van der Waals surface area (Å²) in [4.78, 5) is 11.6. The predicted octanol–water partition coefficient (Wildman–Crippen LogP) is 0.433. The largest absolute Gasteiger partial charge is 0.468 e. The van der Waals surface area contributed by atoms with Crippen LogP contribution in [0.1, 0.15) is 19.3 Å². The molecule has 0 aromatic rings. The Kier molecular flexibility index (Phi) is 5.10. The van der Waals surface area contributed by atoms with E-state index < -0.39 is 22.0 Å². The highest BCUT2D eigenvalue weighted by Gasteiger charge is 2.41. The minimum absolute atomic E-state index is 0.0406. The number of hydrogen-bond acceptors (Lipinski definition) is 6. The molecule has 0 spiro atoms. The van der Waals surface area contributed by atoms with E-state index in [1.54, 1.807) is 0 Å². The molecule has 2 aliphatic rings. The molecule has 0 aromatic carbocycles. The quantitative estimate of drug-likeness (QED) is 0.701. The maximum atomic E-state index is 12.4. The molecule has 0 bridgehead atoms. The van der Waals surface area contributed by atoms with Gasteiger partial charge in [0, 0.05) is 12.4 Å². The Morgan fingerprint density at radius 1 is 1.47 bits per heavy atom. The number of methoxy groups -OCH3 is 1. The van der Waals surface area contributed by atoms with Gasteiger partial charge in [0.05, 0.1) is 24.8 Å². The molecular formula is C11H19NO5S2. The lowest BCUT2D eigenvalue weighted by atomic mass is 10.1. The van der Waals surface area contributed by atoms with E-state index in [0.29, 0.717) is 18.2 Å². The van der Waals surface area contributed by atoms with Crippen molar-refractivity contribution in [1.82, 2.24) is 4.31 Å². The zero-order chi connectivity index (χ0) is 13.9. The fourth-order valence-corrected chi connectivity index (χ4v) is 5.73. The summed E-state index contributed by atoms with van der Waals surface area (Å²) in [6.45, 7) is 0.620. The maximum Gasteiger partial charge on any atom is 0.325 e. The van der Waals surface area contributed by atoms with E-state index in [2.05, 4.69) is 4.74 Å². The zero-order valence-corrected chi connectivity index (χ0v) is 12.5. The number of ether oxygens (including phenoxy) is 2. The number of rotatable bonds is 4. The molecule has 2 aliphatic heterocycles. The predicted molar refractivity (Wildman–Crippen MR) is 72.3 cm³/mol. The minimum Gasteiger partial charge on any atom is -0.468 e. The number of nitrogens with zero attached hydrogens (tertiary/aromatic N) is 1. The molecule has 8 heteroatoms. The third-order valence-electron chi connectivity index (χ3n) is 3.34. The van der Waals surface area contributed by atoms with Crippen molar-refractivity contribution in [2.24, 2.45) is 0 Å². The second kappa shape index (κ2) is 6.43. The molecule has 0 aromatic heterocycles. The minimum atomic E-state index is -3.48. The number of esters is 1. The number of thioether (sulfide) groups is 1. The van der Waals surface area contributed by atoms with Gasteiger partial charge in [0.25, 0.3) is 0 Å². The molecule has 2 fully saturated rings. The first kappa shape index (κ1) is 15.1. The zero-order valence-electron chi connectivity index (χ0n) is 10.9. The van der Waals surface area contributed by atoms with Crippen LogP contribution in [0.4, 0.5) is 0 Å².